The number of methoxy groups -OCH3 is 1. The highest BCUT2D eigenvalue weighted by Crippen LogP contribution is 2.17. The van der Waals surface area contributed by atoms with Crippen LogP contribution in [-0.2, 0) is 11.3 Å². The van der Waals surface area contributed by atoms with E-state index < -0.39 is 0 Å². The summed E-state index contributed by atoms with van der Waals surface area (Å²) in [6, 6.07) is 14.2. The number of ether oxygens (including phenoxy) is 1. The van der Waals surface area contributed by atoms with Crippen LogP contribution in [0, 0.1) is 5.92 Å². The van der Waals surface area contributed by atoms with E-state index in [1.54, 1.807) is 43.5 Å². The van der Waals surface area contributed by atoms with Crippen molar-refractivity contribution in [3.05, 3.63) is 65.2 Å². The van der Waals surface area contributed by atoms with Crippen molar-refractivity contribution in [3.63, 3.8) is 0 Å². The molecule has 2 rings (SSSR count). The summed E-state index contributed by atoms with van der Waals surface area (Å²) in [6.45, 7) is 5.14. The molecule has 0 atom stereocenters. The molecule has 2 aromatic rings. The average molecular weight is 340 g/mol. The highest BCUT2D eigenvalue weighted by Gasteiger charge is 2.14. The summed E-state index contributed by atoms with van der Waals surface area (Å²) < 4.78 is 5.06. The van der Waals surface area contributed by atoms with Crippen molar-refractivity contribution in [1.29, 1.82) is 0 Å². The van der Waals surface area contributed by atoms with Crippen LogP contribution in [0.15, 0.2) is 48.5 Å². The number of amides is 2. The van der Waals surface area contributed by atoms with E-state index in [0.29, 0.717) is 35.9 Å². The minimum atomic E-state index is -0.256. The fraction of sp³-hybridized carbons (Fsp3) is 0.300. The molecule has 0 aromatic heterocycles. The Morgan fingerprint density at radius 3 is 2.32 bits per heavy atom. The van der Waals surface area contributed by atoms with Crippen LogP contribution in [0.1, 0.15) is 40.1 Å². The van der Waals surface area contributed by atoms with Gasteiger partial charge < -0.3 is 15.4 Å². The van der Waals surface area contributed by atoms with Crippen LogP contribution in [0.3, 0.4) is 0 Å². The topological polar surface area (TPSA) is 67.4 Å². The second-order valence-corrected chi connectivity index (χ2v) is 6.23. The van der Waals surface area contributed by atoms with E-state index in [9.17, 15) is 9.59 Å². The molecule has 0 aliphatic rings. The van der Waals surface area contributed by atoms with Gasteiger partial charge in [-0.25, -0.2) is 0 Å². The quantitative estimate of drug-likeness (QED) is 0.811. The van der Waals surface area contributed by atoms with Gasteiger partial charge in [0, 0.05) is 19.2 Å². The number of hydrogen-bond acceptors (Lipinski definition) is 3. The van der Waals surface area contributed by atoms with Crippen molar-refractivity contribution in [1.82, 2.24) is 5.32 Å². The van der Waals surface area contributed by atoms with E-state index in [2.05, 4.69) is 10.6 Å². The monoisotopic (exact) mass is 340 g/mol. The predicted octanol–water partition coefficient (Wildman–Crippen LogP) is 3.47. The van der Waals surface area contributed by atoms with E-state index in [1.165, 1.54) is 0 Å². The number of benzene rings is 2. The molecule has 0 heterocycles. The molecule has 5 nitrogen and oxygen atoms in total. The number of carbonyl (C=O) groups excluding carboxylic acids is 2. The van der Waals surface area contributed by atoms with Gasteiger partial charge in [-0.2, -0.15) is 0 Å². The van der Waals surface area contributed by atoms with Crippen molar-refractivity contribution in [2.75, 3.05) is 19.0 Å². The molecule has 0 radical (unpaired) electrons. The molecular weight excluding hydrogens is 316 g/mol. The molecule has 0 saturated carbocycles. The Morgan fingerprint density at radius 2 is 1.68 bits per heavy atom. The first-order chi connectivity index (χ1) is 12.0. The van der Waals surface area contributed by atoms with Crippen LogP contribution in [0.25, 0.3) is 0 Å². The summed E-state index contributed by atoms with van der Waals surface area (Å²) in [4.78, 5) is 24.8. The molecule has 2 N–H and O–H groups in total. The first kappa shape index (κ1) is 18.7. The van der Waals surface area contributed by atoms with Gasteiger partial charge in [0.05, 0.1) is 17.9 Å². The first-order valence-corrected chi connectivity index (χ1v) is 8.27. The van der Waals surface area contributed by atoms with Crippen molar-refractivity contribution in [3.8, 4) is 0 Å². The fourth-order valence-electron chi connectivity index (χ4n) is 2.30. The van der Waals surface area contributed by atoms with Crippen molar-refractivity contribution >= 4 is 17.5 Å². The normalized spacial score (nSPS) is 10.6. The number of nitrogens with one attached hydrogen (secondary N) is 2. The van der Waals surface area contributed by atoms with Gasteiger partial charge in [-0.15, -0.1) is 0 Å². The molecule has 0 unspecified atom stereocenters. The minimum Gasteiger partial charge on any atom is -0.380 e. The van der Waals surface area contributed by atoms with Gasteiger partial charge in [0.1, 0.15) is 0 Å². The molecule has 0 spiro atoms. The van der Waals surface area contributed by atoms with Crippen LogP contribution >= 0.6 is 0 Å². The van der Waals surface area contributed by atoms with Crippen LogP contribution in [0.2, 0.25) is 0 Å². The van der Waals surface area contributed by atoms with Crippen molar-refractivity contribution in [2.24, 2.45) is 5.92 Å². The summed E-state index contributed by atoms with van der Waals surface area (Å²) in [5.41, 5.74) is 2.46. The number of anilines is 1. The maximum absolute atomic E-state index is 12.5. The Kier molecular flexibility index (Phi) is 6.71. The minimum absolute atomic E-state index is 0.194. The van der Waals surface area contributed by atoms with Crippen molar-refractivity contribution < 1.29 is 14.3 Å². The lowest BCUT2D eigenvalue weighted by molar-refractivity contribution is 0.0950. The van der Waals surface area contributed by atoms with Crippen LogP contribution in [0.5, 0.6) is 0 Å². The largest absolute Gasteiger partial charge is 0.380 e. The lowest BCUT2D eigenvalue weighted by Gasteiger charge is -2.12. The summed E-state index contributed by atoms with van der Waals surface area (Å²) >= 11 is 0. The molecule has 5 heteroatoms. The van der Waals surface area contributed by atoms with E-state index in [-0.39, 0.29) is 11.8 Å². The zero-order chi connectivity index (χ0) is 18.2. The number of rotatable bonds is 7. The van der Waals surface area contributed by atoms with Crippen LogP contribution in [0.4, 0.5) is 5.69 Å². The Hall–Kier alpha value is -2.66. The third-order valence-electron chi connectivity index (χ3n) is 3.62. The fourth-order valence-corrected chi connectivity index (χ4v) is 2.30. The van der Waals surface area contributed by atoms with Gasteiger partial charge >= 0.3 is 0 Å². The summed E-state index contributed by atoms with van der Waals surface area (Å²) in [5.74, 6) is -0.0931. The SMILES string of the molecule is COCc1ccc(C(=O)Nc2ccccc2C(=O)NCC(C)C)cc1. The average Bonchev–Trinajstić information content (AvgIpc) is 2.61. The first-order valence-electron chi connectivity index (χ1n) is 8.27. The molecule has 2 amide bonds. The molecular formula is C20H24N2O3. The van der Waals surface area contributed by atoms with Gasteiger partial charge in [0.25, 0.3) is 11.8 Å². The zero-order valence-electron chi connectivity index (χ0n) is 14.8. The maximum Gasteiger partial charge on any atom is 0.255 e. The van der Waals surface area contributed by atoms with Gasteiger partial charge in [0.15, 0.2) is 0 Å². The lowest BCUT2D eigenvalue weighted by atomic mass is 10.1. The molecule has 0 bridgehead atoms. The van der Waals surface area contributed by atoms with Gasteiger partial charge in [-0.3, -0.25) is 9.59 Å². The second kappa shape index (κ2) is 8.99. The predicted molar refractivity (Wildman–Crippen MR) is 98.7 cm³/mol. The summed E-state index contributed by atoms with van der Waals surface area (Å²) in [6.07, 6.45) is 0. The van der Waals surface area contributed by atoms with E-state index in [1.807, 2.05) is 26.0 Å². The van der Waals surface area contributed by atoms with E-state index >= 15 is 0 Å². The second-order valence-electron chi connectivity index (χ2n) is 6.23. The number of hydrogen-bond donors (Lipinski definition) is 2. The lowest BCUT2D eigenvalue weighted by Crippen LogP contribution is -2.28. The molecule has 132 valence electrons. The van der Waals surface area contributed by atoms with Gasteiger partial charge in [0.2, 0.25) is 0 Å². The number of para-hydroxylation sites is 1. The Morgan fingerprint density at radius 1 is 1.00 bits per heavy atom. The molecule has 25 heavy (non-hydrogen) atoms. The molecule has 0 aliphatic carbocycles. The summed E-state index contributed by atoms with van der Waals surface area (Å²) in [7, 11) is 1.63. The summed E-state index contributed by atoms with van der Waals surface area (Å²) in [5, 5.41) is 5.68. The molecule has 0 fully saturated rings. The smallest absolute Gasteiger partial charge is 0.255 e. The third kappa shape index (κ3) is 5.43. The van der Waals surface area contributed by atoms with Crippen LogP contribution < -0.4 is 10.6 Å². The van der Waals surface area contributed by atoms with Crippen molar-refractivity contribution in [2.45, 2.75) is 20.5 Å². The van der Waals surface area contributed by atoms with Gasteiger partial charge in [-0.05, 0) is 35.7 Å². The van der Waals surface area contributed by atoms with E-state index in [0.717, 1.165) is 5.56 Å². The number of carbonyl (C=O) groups is 2. The highest BCUT2D eigenvalue weighted by molar-refractivity contribution is 6.09. The zero-order valence-corrected chi connectivity index (χ0v) is 14.8. The Balaban J connectivity index is 2.11. The van der Waals surface area contributed by atoms with E-state index in [4.69, 9.17) is 4.74 Å². The third-order valence-corrected chi connectivity index (χ3v) is 3.62. The Bertz CT molecular complexity index is 724. The highest BCUT2D eigenvalue weighted by atomic mass is 16.5. The molecule has 0 aliphatic heterocycles. The Labute approximate surface area is 148 Å². The molecule has 2 aromatic carbocycles. The molecule has 0 saturated heterocycles. The standard InChI is InChI=1S/C20H24N2O3/c1-14(2)12-21-20(24)17-6-4-5-7-18(17)22-19(23)16-10-8-15(9-11-16)13-25-3/h4-11,14H,12-13H2,1-3H3,(H,21,24)(H,22,23). The maximum atomic E-state index is 12.5. The van der Waals surface area contributed by atoms with Gasteiger partial charge in [-0.1, -0.05) is 38.1 Å². The van der Waals surface area contributed by atoms with Crippen LogP contribution in [-0.4, -0.2) is 25.5 Å².